The number of carbonyl (C=O) groups is 2. The fraction of sp³-hybridized carbons (Fsp3) is 0.250. The Hall–Kier alpha value is -1.56. The lowest BCUT2D eigenvalue weighted by molar-refractivity contribution is 0.0527. The van der Waals surface area contributed by atoms with Crippen molar-refractivity contribution >= 4 is 51.4 Å². The molecular weight excluding hydrogens is 357 g/mol. The molecule has 0 atom stereocenters. The summed E-state index contributed by atoms with van der Waals surface area (Å²) in [7, 11) is 0. The van der Waals surface area contributed by atoms with Crippen LogP contribution in [0.1, 0.15) is 38.1 Å². The number of halogens is 2. The number of carbonyl (C=O) groups excluding carboxylic acids is 2. The number of anilines is 1. The van der Waals surface area contributed by atoms with Gasteiger partial charge in [0.2, 0.25) is 0 Å². The second-order valence-corrected chi connectivity index (χ2v) is 6.92. The molecule has 4 nitrogen and oxygen atoms in total. The van der Waals surface area contributed by atoms with Gasteiger partial charge in [0.05, 0.1) is 12.2 Å². The minimum absolute atomic E-state index is 0.268. The summed E-state index contributed by atoms with van der Waals surface area (Å²) in [5.41, 5.74) is 1.50. The number of ether oxygens (including phenoxy) is 1. The first-order chi connectivity index (χ1) is 10.8. The van der Waals surface area contributed by atoms with Crippen LogP contribution < -0.4 is 5.32 Å². The van der Waals surface area contributed by atoms with Crippen molar-refractivity contribution in [2.24, 2.45) is 0 Å². The van der Waals surface area contributed by atoms with Gasteiger partial charge in [0.1, 0.15) is 5.00 Å². The van der Waals surface area contributed by atoms with E-state index >= 15 is 0 Å². The monoisotopic (exact) mass is 371 g/mol. The molecule has 0 bridgehead atoms. The van der Waals surface area contributed by atoms with Crippen molar-refractivity contribution in [2.45, 2.75) is 20.8 Å². The molecule has 2 rings (SSSR count). The van der Waals surface area contributed by atoms with Crippen LogP contribution in [-0.4, -0.2) is 18.5 Å². The number of aryl methyl sites for hydroxylation is 1. The fourth-order valence-electron chi connectivity index (χ4n) is 2.02. The molecule has 0 saturated heterocycles. The van der Waals surface area contributed by atoms with Crippen molar-refractivity contribution < 1.29 is 14.3 Å². The predicted octanol–water partition coefficient (Wildman–Crippen LogP) is 5.10. The van der Waals surface area contributed by atoms with Crippen LogP contribution in [0, 0.1) is 13.8 Å². The van der Waals surface area contributed by atoms with Crippen LogP contribution >= 0.6 is 34.5 Å². The molecule has 0 spiro atoms. The highest BCUT2D eigenvalue weighted by molar-refractivity contribution is 7.16. The molecule has 1 heterocycles. The zero-order valence-electron chi connectivity index (χ0n) is 12.8. The maximum atomic E-state index is 12.4. The third-order valence-corrected chi connectivity index (χ3v) is 4.78. The highest BCUT2D eigenvalue weighted by atomic mass is 35.5. The van der Waals surface area contributed by atoms with Crippen LogP contribution in [0.3, 0.4) is 0 Å². The van der Waals surface area contributed by atoms with E-state index < -0.39 is 5.97 Å². The first-order valence-electron chi connectivity index (χ1n) is 6.88. The third-order valence-electron chi connectivity index (χ3n) is 3.22. The number of hydrogen-bond acceptors (Lipinski definition) is 4. The van der Waals surface area contributed by atoms with Crippen LogP contribution in [-0.2, 0) is 4.74 Å². The van der Waals surface area contributed by atoms with Gasteiger partial charge in [-0.15, -0.1) is 11.3 Å². The highest BCUT2D eigenvalue weighted by Crippen LogP contribution is 2.33. The first kappa shape index (κ1) is 17.8. The van der Waals surface area contributed by atoms with Crippen LogP contribution in [0.2, 0.25) is 10.0 Å². The van der Waals surface area contributed by atoms with E-state index in [2.05, 4.69) is 5.32 Å². The zero-order valence-corrected chi connectivity index (χ0v) is 15.2. The minimum atomic E-state index is -0.450. The minimum Gasteiger partial charge on any atom is -0.462 e. The Balaban J connectivity index is 2.34. The number of nitrogens with one attached hydrogen (secondary N) is 1. The molecule has 1 aromatic heterocycles. The van der Waals surface area contributed by atoms with Crippen molar-refractivity contribution in [3.63, 3.8) is 0 Å². The molecule has 0 saturated carbocycles. The van der Waals surface area contributed by atoms with Gasteiger partial charge in [0, 0.05) is 20.5 Å². The Morgan fingerprint density at radius 3 is 2.35 bits per heavy atom. The van der Waals surface area contributed by atoms with Gasteiger partial charge in [-0.2, -0.15) is 0 Å². The van der Waals surface area contributed by atoms with Gasteiger partial charge in [0.15, 0.2) is 0 Å². The van der Waals surface area contributed by atoms with Crippen LogP contribution in [0.4, 0.5) is 5.00 Å². The van der Waals surface area contributed by atoms with Gasteiger partial charge in [-0.05, 0) is 44.5 Å². The third kappa shape index (κ3) is 4.05. The molecule has 122 valence electrons. The van der Waals surface area contributed by atoms with Gasteiger partial charge in [-0.1, -0.05) is 23.2 Å². The van der Waals surface area contributed by atoms with Crippen molar-refractivity contribution in [3.05, 3.63) is 49.8 Å². The summed E-state index contributed by atoms with van der Waals surface area (Å²) < 4.78 is 5.06. The number of thiophene rings is 1. The average Bonchev–Trinajstić information content (AvgIpc) is 2.73. The van der Waals surface area contributed by atoms with E-state index in [9.17, 15) is 9.59 Å². The zero-order chi connectivity index (χ0) is 17.1. The lowest BCUT2D eigenvalue weighted by Crippen LogP contribution is -2.15. The number of rotatable bonds is 4. The largest absolute Gasteiger partial charge is 0.462 e. The standard InChI is InChI=1S/C16H15Cl2NO3S/c1-4-22-16(21)13-8(2)9(3)23-15(13)19-14(20)10-5-11(17)7-12(18)6-10/h5-7H,4H2,1-3H3,(H,19,20). The molecule has 2 aromatic rings. The van der Waals surface area contributed by atoms with Gasteiger partial charge in [-0.25, -0.2) is 4.79 Å². The Labute approximate surface area is 148 Å². The Morgan fingerprint density at radius 1 is 1.17 bits per heavy atom. The summed E-state index contributed by atoms with van der Waals surface area (Å²) >= 11 is 13.2. The Bertz CT molecular complexity index is 751. The number of benzene rings is 1. The molecule has 7 heteroatoms. The second kappa shape index (κ2) is 7.34. The fourth-order valence-corrected chi connectivity index (χ4v) is 3.59. The molecular formula is C16H15Cl2NO3S. The van der Waals surface area contributed by atoms with Gasteiger partial charge >= 0.3 is 5.97 Å². The van der Waals surface area contributed by atoms with Gasteiger partial charge in [0.25, 0.3) is 5.91 Å². The summed E-state index contributed by atoms with van der Waals surface area (Å²) in [5, 5.41) is 3.94. The summed E-state index contributed by atoms with van der Waals surface area (Å²) in [5.74, 6) is -0.838. The van der Waals surface area contributed by atoms with E-state index in [1.807, 2.05) is 13.8 Å². The lowest BCUT2D eigenvalue weighted by Gasteiger charge is -2.08. The van der Waals surface area contributed by atoms with Crippen molar-refractivity contribution in [3.8, 4) is 0 Å². The van der Waals surface area contributed by atoms with Crippen LogP contribution in [0.25, 0.3) is 0 Å². The number of esters is 1. The summed E-state index contributed by atoms with van der Waals surface area (Å²) in [4.78, 5) is 25.5. The van der Waals surface area contributed by atoms with Gasteiger partial charge in [-0.3, -0.25) is 4.79 Å². The molecule has 23 heavy (non-hydrogen) atoms. The van der Waals surface area contributed by atoms with Gasteiger partial charge < -0.3 is 10.1 Å². The topological polar surface area (TPSA) is 55.4 Å². The maximum absolute atomic E-state index is 12.4. The molecule has 0 aliphatic carbocycles. The first-order valence-corrected chi connectivity index (χ1v) is 8.45. The molecule has 0 fully saturated rings. The van der Waals surface area contributed by atoms with Crippen LogP contribution in [0.15, 0.2) is 18.2 Å². The average molecular weight is 372 g/mol. The number of hydrogen-bond donors (Lipinski definition) is 1. The number of amides is 1. The quantitative estimate of drug-likeness (QED) is 0.760. The summed E-state index contributed by atoms with van der Waals surface area (Å²) in [6.07, 6.45) is 0. The van der Waals surface area contributed by atoms with E-state index in [1.54, 1.807) is 13.0 Å². The normalized spacial score (nSPS) is 10.5. The predicted molar refractivity (Wildman–Crippen MR) is 94.2 cm³/mol. The second-order valence-electron chi connectivity index (χ2n) is 4.82. The van der Waals surface area contributed by atoms with E-state index in [1.165, 1.54) is 23.5 Å². The Morgan fingerprint density at radius 2 is 1.78 bits per heavy atom. The molecule has 1 amide bonds. The molecule has 1 N–H and O–H groups in total. The SMILES string of the molecule is CCOC(=O)c1c(NC(=O)c2cc(Cl)cc(Cl)c2)sc(C)c1C. The smallest absolute Gasteiger partial charge is 0.341 e. The summed E-state index contributed by atoms with van der Waals surface area (Å²) in [6.45, 7) is 5.71. The highest BCUT2D eigenvalue weighted by Gasteiger charge is 2.22. The van der Waals surface area contributed by atoms with Crippen molar-refractivity contribution in [2.75, 3.05) is 11.9 Å². The molecule has 0 unspecified atom stereocenters. The van der Waals surface area contributed by atoms with Crippen LogP contribution in [0.5, 0.6) is 0 Å². The van der Waals surface area contributed by atoms with E-state index in [0.717, 1.165) is 10.4 Å². The maximum Gasteiger partial charge on any atom is 0.341 e. The van der Waals surface area contributed by atoms with E-state index in [0.29, 0.717) is 26.2 Å². The van der Waals surface area contributed by atoms with E-state index in [4.69, 9.17) is 27.9 Å². The van der Waals surface area contributed by atoms with E-state index in [-0.39, 0.29) is 12.5 Å². The molecule has 1 aromatic carbocycles. The van der Waals surface area contributed by atoms with Crippen molar-refractivity contribution in [1.82, 2.24) is 0 Å². The van der Waals surface area contributed by atoms with Crippen molar-refractivity contribution in [1.29, 1.82) is 0 Å². The summed E-state index contributed by atoms with van der Waals surface area (Å²) in [6, 6.07) is 4.57. The molecule has 0 aliphatic rings. The molecule has 0 radical (unpaired) electrons. The Kier molecular flexibility index (Phi) is 5.68. The lowest BCUT2D eigenvalue weighted by atomic mass is 10.1. The molecule has 0 aliphatic heterocycles.